The van der Waals surface area contributed by atoms with E-state index in [1.54, 1.807) is 0 Å². The fraction of sp³-hybridized carbons (Fsp3) is 0.214. The van der Waals surface area contributed by atoms with Crippen molar-refractivity contribution in [3.63, 3.8) is 0 Å². The van der Waals surface area contributed by atoms with Crippen molar-refractivity contribution in [2.75, 3.05) is 4.90 Å². The molecular formula is C28H27ClN4S. The van der Waals surface area contributed by atoms with E-state index in [0.717, 1.165) is 33.5 Å². The lowest BCUT2D eigenvalue weighted by atomic mass is 9.96. The summed E-state index contributed by atoms with van der Waals surface area (Å²) < 4.78 is 2.26. The van der Waals surface area contributed by atoms with Gasteiger partial charge in [0.25, 0.3) is 0 Å². The molecule has 4 nitrogen and oxygen atoms in total. The molecule has 1 aliphatic heterocycles. The number of pyridine rings is 1. The van der Waals surface area contributed by atoms with Gasteiger partial charge in [-0.25, -0.2) is 0 Å². The molecule has 2 atom stereocenters. The minimum Gasteiger partial charge on any atom is -0.351 e. The van der Waals surface area contributed by atoms with Crippen LogP contribution in [0.2, 0.25) is 5.02 Å². The van der Waals surface area contributed by atoms with Crippen LogP contribution < -0.4 is 10.2 Å². The number of aromatic nitrogens is 2. The molecule has 0 aliphatic carbocycles. The number of anilines is 1. The zero-order valence-electron chi connectivity index (χ0n) is 19.7. The van der Waals surface area contributed by atoms with Gasteiger partial charge >= 0.3 is 0 Å². The Kier molecular flexibility index (Phi) is 5.92. The molecule has 0 radical (unpaired) electrons. The molecule has 2 aromatic heterocycles. The summed E-state index contributed by atoms with van der Waals surface area (Å²) in [6.45, 7) is 8.55. The Labute approximate surface area is 211 Å². The van der Waals surface area contributed by atoms with Crippen molar-refractivity contribution in [3.05, 3.63) is 112 Å². The minimum absolute atomic E-state index is 0.0530. The van der Waals surface area contributed by atoms with Gasteiger partial charge in [0.1, 0.15) is 0 Å². The van der Waals surface area contributed by atoms with E-state index in [1.165, 1.54) is 16.7 Å². The predicted octanol–water partition coefficient (Wildman–Crippen LogP) is 6.94. The Morgan fingerprint density at radius 2 is 1.65 bits per heavy atom. The molecule has 0 amide bonds. The summed E-state index contributed by atoms with van der Waals surface area (Å²) in [4.78, 5) is 6.94. The molecule has 0 bridgehead atoms. The number of benzene rings is 2. The van der Waals surface area contributed by atoms with Crippen LogP contribution in [0.25, 0.3) is 5.69 Å². The van der Waals surface area contributed by atoms with Crippen LogP contribution in [0.3, 0.4) is 0 Å². The Balaban J connectivity index is 1.70. The smallest absolute Gasteiger partial charge is 0.174 e. The third-order valence-corrected chi connectivity index (χ3v) is 6.99. The van der Waals surface area contributed by atoms with E-state index in [-0.39, 0.29) is 12.1 Å². The van der Waals surface area contributed by atoms with Crippen LogP contribution in [-0.4, -0.2) is 14.7 Å². The first kappa shape index (κ1) is 22.6. The third kappa shape index (κ3) is 3.99. The fourth-order valence-electron chi connectivity index (χ4n) is 5.14. The van der Waals surface area contributed by atoms with Crippen LogP contribution >= 0.6 is 23.8 Å². The first-order chi connectivity index (χ1) is 16.3. The number of hydrogen-bond acceptors (Lipinski definition) is 2. The Bertz CT molecular complexity index is 1360. The first-order valence-electron chi connectivity index (χ1n) is 11.4. The molecule has 0 saturated carbocycles. The second-order valence-corrected chi connectivity index (χ2v) is 9.81. The third-order valence-electron chi connectivity index (χ3n) is 6.44. The van der Waals surface area contributed by atoms with Crippen LogP contribution in [0.15, 0.2) is 72.9 Å². The van der Waals surface area contributed by atoms with Gasteiger partial charge < -0.3 is 14.8 Å². The monoisotopic (exact) mass is 486 g/mol. The van der Waals surface area contributed by atoms with Crippen molar-refractivity contribution in [1.82, 2.24) is 14.9 Å². The van der Waals surface area contributed by atoms with Gasteiger partial charge in [-0.15, -0.1) is 0 Å². The van der Waals surface area contributed by atoms with Gasteiger partial charge in [-0.2, -0.15) is 0 Å². The number of rotatable bonds is 4. The van der Waals surface area contributed by atoms with Crippen LogP contribution in [-0.2, 0) is 0 Å². The largest absolute Gasteiger partial charge is 0.351 e. The number of thiocarbonyl (C=S) groups is 1. The summed E-state index contributed by atoms with van der Waals surface area (Å²) in [5, 5.41) is 5.00. The van der Waals surface area contributed by atoms with E-state index in [9.17, 15) is 0 Å². The summed E-state index contributed by atoms with van der Waals surface area (Å²) in [5.74, 6) is 0. The molecule has 6 heteroatoms. The van der Waals surface area contributed by atoms with Gasteiger partial charge in [-0.3, -0.25) is 4.98 Å². The Morgan fingerprint density at radius 1 is 0.882 bits per heavy atom. The van der Waals surface area contributed by atoms with E-state index in [4.69, 9.17) is 23.8 Å². The zero-order chi connectivity index (χ0) is 24.0. The molecule has 3 heterocycles. The number of aryl methyl sites for hydroxylation is 3. The van der Waals surface area contributed by atoms with Crippen LogP contribution in [0, 0.1) is 27.7 Å². The molecule has 1 N–H and O–H groups in total. The van der Waals surface area contributed by atoms with E-state index in [2.05, 4.69) is 83.9 Å². The van der Waals surface area contributed by atoms with Gasteiger partial charge in [-0.1, -0.05) is 29.8 Å². The maximum atomic E-state index is 6.33. The highest BCUT2D eigenvalue weighted by atomic mass is 35.5. The topological polar surface area (TPSA) is 33.1 Å². The maximum absolute atomic E-state index is 6.33. The highest BCUT2D eigenvalue weighted by Crippen LogP contribution is 2.44. The summed E-state index contributed by atoms with van der Waals surface area (Å²) in [5.41, 5.74) is 9.04. The molecule has 1 aliphatic rings. The summed E-state index contributed by atoms with van der Waals surface area (Å²) >= 11 is 12.3. The molecule has 5 rings (SSSR count). The van der Waals surface area contributed by atoms with E-state index in [0.29, 0.717) is 5.11 Å². The van der Waals surface area contributed by atoms with E-state index < -0.39 is 0 Å². The highest BCUT2D eigenvalue weighted by molar-refractivity contribution is 7.80. The zero-order valence-corrected chi connectivity index (χ0v) is 21.3. The number of halogens is 1. The Morgan fingerprint density at radius 3 is 2.32 bits per heavy atom. The van der Waals surface area contributed by atoms with Crippen molar-refractivity contribution < 1.29 is 0 Å². The average molecular weight is 487 g/mol. The van der Waals surface area contributed by atoms with Crippen molar-refractivity contribution in [2.45, 2.75) is 39.8 Å². The molecule has 4 aromatic rings. The van der Waals surface area contributed by atoms with Crippen LogP contribution in [0.1, 0.15) is 45.9 Å². The lowest BCUT2D eigenvalue weighted by Gasteiger charge is -2.29. The second kappa shape index (κ2) is 8.90. The molecule has 34 heavy (non-hydrogen) atoms. The van der Waals surface area contributed by atoms with Gasteiger partial charge in [0.2, 0.25) is 0 Å². The SMILES string of the molecule is Cc1cc(C)cc(N2C(=S)N[C@@H](c3ccccn3)[C@@H]2c2cc(C)n(-c3cccc(Cl)c3)c2C)c1. The lowest BCUT2D eigenvalue weighted by molar-refractivity contribution is 0.565. The van der Waals surface area contributed by atoms with Gasteiger partial charge in [0.15, 0.2) is 5.11 Å². The number of nitrogens with one attached hydrogen (secondary N) is 1. The highest BCUT2D eigenvalue weighted by Gasteiger charge is 2.42. The van der Waals surface area contributed by atoms with Crippen molar-refractivity contribution in [2.24, 2.45) is 0 Å². The standard InChI is InChI=1S/C28H27ClN4S/c1-17-12-18(2)14-23(13-17)33-27(26(31-28(33)34)25-10-5-6-11-30-25)24-15-19(3)32(20(24)4)22-9-7-8-21(29)16-22/h5-16,26-27H,1-4H3,(H,31,34)/t26-,27-/m0/s1. The molecule has 1 saturated heterocycles. The van der Waals surface area contributed by atoms with Crippen molar-refractivity contribution >= 4 is 34.6 Å². The van der Waals surface area contributed by atoms with Crippen LogP contribution in [0.5, 0.6) is 0 Å². The molecule has 0 spiro atoms. The van der Waals surface area contributed by atoms with E-state index in [1.807, 2.05) is 36.5 Å². The van der Waals surface area contributed by atoms with Crippen molar-refractivity contribution in [1.29, 1.82) is 0 Å². The average Bonchev–Trinajstić information content (AvgIpc) is 3.29. The first-order valence-corrected chi connectivity index (χ1v) is 12.2. The summed E-state index contributed by atoms with van der Waals surface area (Å²) in [6, 6.07) is 22.7. The van der Waals surface area contributed by atoms with Crippen molar-refractivity contribution in [3.8, 4) is 5.69 Å². The quantitative estimate of drug-likeness (QED) is 0.317. The predicted molar refractivity (Wildman–Crippen MR) is 144 cm³/mol. The minimum atomic E-state index is -0.0807. The lowest BCUT2D eigenvalue weighted by Crippen LogP contribution is -2.29. The Hall–Kier alpha value is -3.15. The maximum Gasteiger partial charge on any atom is 0.174 e. The fourth-order valence-corrected chi connectivity index (χ4v) is 5.67. The van der Waals surface area contributed by atoms with Gasteiger partial charge in [0.05, 0.1) is 17.8 Å². The molecule has 172 valence electrons. The number of hydrogen-bond donors (Lipinski definition) is 1. The second-order valence-electron chi connectivity index (χ2n) is 8.98. The van der Waals surface area contributed by atoms with E-state index >= 15 is 0 Å². The number of nitrogens with zero attached hydrogens (tertiary/aromatic N) is 3. The molecule has 1 fully saturated rings. The summed E-state index contributed by atoms with van der Waals surface area (Å²) in [6.07, 6.45) is 1.84. The molecule has 0 unspecified atom stereocenters. The molecular weight excluding hydrogens is 460 g/mol. The molecule has 2 aromatic carbocycles. The van der Waals surface area contributed by atoms with Gasteiger partial charge in [-0.05, 0) is 105 Å². The normalized spacial score (nSPS) is 17.8. The van der Waals surface area contributed by atoms with Gasteiger partial charge in [0, 0.05) is 34.0 Å². The van der Waals surface area contributed by atoms with Crippen LogP contribution in [0.4, 0.5) is 5.69 Å². The summed E-state index contributed by atoms with van der Waals surface area (Å²) in [7, 11) is 0.